The van der Waals surface area contributed by atoms with Crippen molar-refractivity contribution in [1.82, 2.24) is 5.32 Å². The molecule has 9 nitrogen and oxygen atoms in total. The fraction of sp³-hybridized carbons (Fsp3) is 0.318. The number of ether oxygens (including phenoxy) is 4. The molecule has 0 saturated heterocycles. The van der Waals surface area contributed by atoms with Crippen molar-refractivity contribution in [3.63, 3.8) is 0 Å². The third kappa shape index (κ3) is 7.17. The first-order valence-electron chi connectivity index (χ1n) is 9.62. The van der Waals surface area contributed by atoms with E-state index < -0.39 is 30.2 Å². The maximum Gasteiger partial charge on any atom is 0.414 e. The summed E-state index contributed by atoms with van der Waals surface area (Å²) in [5.41, 5.74) is 0.669. The average molecular weight is 464 g/mol. The van der Waals surface area contributed by atoms with Crippen LogP contribution in [0.4, 0.5) is 4.79 Å². The molecule has 0 aliphatic heterocycles. The first-order chi connectivity index (χ1) is 15.4. The maximum atomic E-state index is 12.5. The van der Waals surface area contributed by atoms with Crippen molar-refractivity contribution in [2.75, 3.05) is 26.6 Å². The molecule has 0 spiro atoms. The van der Waals surface area contributed by atoms with E-state index in [-0.39, 0.29) is 35.8 Å². The summed E-state index contributed by atoms with van der Waals surface area (Å²) < 4.78 is 21.0. The van der Waals surface area contributed by atoms with Crippen molar-refractivity contribution in [1.29, 1.82) is 0 Å². The Bertz CT molecular complexity index is 921. The predicted molar refractivity (Wildman–Crippen MR) is 118 cm³/mol. The number of hydrogen-bond acceptors (Lipinski definition) is 9. The van der Waals surface area contributed by atoms with Crippen LogP contribution in [0.2, 0.25) is 0 Å². The number of imide groups is 1. The lowest BCUT2D eigenvalue weighted by atomic mass is 10.0. The number of carbonyl (C=O) groups excluding carboxylic acids is 3. The number of alkyl carbamates (subject to hydrolysis) is 1. The van der Waals surface area contributed by atoms with Gasteiger partial charge in [0, 0.05) is 19.1 Å². The molecule has 0 fully saturated rings. The Morgan fingerprint density at radius 3 is 2.41 bits per heavy atom. The summed E-state index contributed by atoms with van der Waals surface area (Å²) in [4.78, 5) is 36.1. The highest BCUT2D eigenvalue weighted by Crippen LogP contribution is 2.33. The van der Waals surface area contributed by atoms with Gasteiger partial charge in [-0.2, -0.15) is 12.6 Å². The topological polar surface area (TPSA) is 120 Å². The summed E-state index contributed by atoms with van der Waals surface area (Å²) in [7, 11) is 2.80. The van der Waals surface area contributed by atoms with E-state index >= 15 is 0 Å². The number of benzene rings is 2. The molecule has 0 bridgehead atoms. The van der Waals surface area contributed by atoms with Gasteiger partial charge in [0.15, 0.2) is 17.6 Å². The van der Waals surface area contributed by atoms with E-state index in [0.717, 1.165) is 0 Å². The van der Waals surface area contributed by atoms with E-state index in [2.05, 4.69) is 17.9 Å². The smallest absolute Gasteiger partial charge is 0.414 e. The standard InChI is InChI=1S/C22H25NO8S/c1-28-17-9-8-15(12-16(17)24)20(18(29-2)10-11-30-19(25)13-32)31-22(27)23-21(26)14-6-4-3-5-7-14/h3-9,12,18,20,24,32H,10-11,13H2,1-2H3,(H,23,26,27)/t18-,20-/m1/s1. The molecule has 2 N–H and O–H groups in total. The van der Waals surface area contributed by atoms with Crippen molar-refractivity contribution in [2.45, 2.75) is 18.6 Å². The monoisotopic (exact) mass is 463 g/mol. The Labute approximate surface area is 191 Å². The molecule has 32 heavy (non-hydrogen) atoms. The number of rotatable bonds is 10. The molecule has 2 amide bonds. The Morgan fingerprint density at radius 1 is 1.09 bits per heavy atom. The number of esters is 1. The zero-order chi connectivity index (χ0) is 23.5. The Morgan fingerprint density at radius 2 is 1.81 bits per heavy atom. The number of hydrogen-bond donors (Lipinski definition) is 3. The highest BCUT2D eigenvalue weighted by atomic mass is 32.1. The van der Waals surface area contributed by atoms with Crippen LogP contribution in [-0.4, -0.2) is 55.8 Å². The number of phenols is 1. The van der Waals surface area contributed by atoms with E-state index in [1.165, 1.54) is 26.4 Å². The summed E-state index contributed by atoms with van der Waals surface area (Å²) >= 11 is 3.84. The van der Waals surface area contributed by atoms with Gasteiger partial charge in [0.25, 0.3) is 5.91 Å². The molecule has 0 aliphatic carbocycles. The first-order valence-corrected chi connectivity index (χ1v) is 10.3. The molecule has 10 heteroatoms. The van der Waals surface area contributed by atoms with Gasteiger partial charge < -0.3 is 24.1 Å². The molecule has 2 aromatic carbocycles. The van der Waals surface area contributed by atoms with Crippen LogP contribution in [0.5, 0.6) is 11.5 Å². The van der Waals surface area contributed by atoms with Crippen LogP contribution in [0.15, 0.2) is 48.5 Å². The molecule has 0 heterocycles. The second kappa shape index (κ2) is 12.6. The van der Waals surface area contributed by atoms with Crippen molar-refractivity contribution in [2.24, 2.45) is 0 Å². The molecule has 2 rings (SSSR count). The molecular weight excluding hydrogens is 438 g/mol. The van der Waals surface area contributed by atoms with Gasteiger partial charge in [-0.3, -0.25) is 14.9 Å². The second-order valence-corrected chi connectivity index (χ2v) is 6.83. The van der Waals surface area contributed by atoms with Gasteiger partial charge in [-0.05, 0) is 29.8 Å². The van der Waals surface area contributed by atoms with Crippen molar-refractivity contribution in [3.8, 4) is 11.5 Å². The van der Waals surface area contributed by atoms with Crippen LogP contribution in [0.1, 0.15) is 28.4 Å². The zero-order valence-electron chi connectivity index (χ0n) is 17.6. The predicted octanol–water partition coefficient (Wildman–Crippen LogP) is 2.89. The van der Waals surface area contributed by atoms with Crippen LogP contribution in [-0.2, 0) is 19.0 Å². The minimum absolute atomic E-state index is 0.00946. The van der Waals surface area contributed by atoms with Gasteiger partial charge in [-0.1, -0.05) is 24.3 Å². The Hall–Kier alpha value is -3.24. The molecule has 0 saturated carbocycles. The van der Waals surface area contributed by atoms with E-state index in [9.17, 15) is 19.5 Å². The lowest BCUT2D eigenvalue weighted by molar-refractivity contribution is -0.141. The van der Waals surface area contributed by atoms with Crippen molar-refractivity contribution < 1.29 is 38.4 Å². The van der Waals surface area contributed by atoms with E-state index in [1.54, 1.807) is 36.4 Å². The number of amides is 2. The van der Waals surface area contributed by atoms with Crippen LogP contribution < -0.4 is 10.1 Å². The van der Waals surface area contributed by atoms with Gasteiger partial charge in [-0.15, -0.1) is 0 Å². The number of aromatic hydroxyl groups is 1. The van der Waals surface area contributed by atoms with Gasteiger partial charge in [0.2, 0.25) is 0 Å². The zero-order valence-corrected chi connectivity index (χ0v) is 18.5. The minimum atomic E-state index is -1.03. The van der Waals surface area contributed by atoms with E-state index in [1.807, 2.05) is 0 Å². The second-order valence-electron chi connectivity index (χ2n) is 6.52. The Balaban J connectivity index is 2.20. The average Bonchev–Trinajstić information content (AvgIpc) is 2.81. The van der Waals surface area contributed by atoms with Crippen molar-refractivity contribution in [3.05, 3.63) is 59.7 Å². The Kier molecular flexibility index (Phi) is 9.83. The summed E-state index contributed by atoms with van der Waals surface area (Å²) in [5.74, 6) is -1.16. The lowest BCUT2D eigenvalue weighted by Gasteiger charge is -2.26. The lowest BCUT2D eigenvalue weighted by Crippen LogP contribution is -2.35. The van der Waals surface area contributed by atoms with E-state index in [4.69, 9.17) is 18.9 Å². The molecule has 2 aromatic rings. The van der Waals surface area contributed by atoms with Crippen molar-refractivity contribution >= 4 is 30.6 Å². The fourth-order valence-electron chi connectivity index (χ4n) is 2.87. The van der Waals surface area contributed by atoms with E-state index in [0.29, 0.717) is 5.56 Å². The summed E-state index contributed by atoms with van der Waals surface area (Å²) in [6.07, 6.45) is -2.62. The largest absolute Gasteiger partial charge is 0.504 e. The fourth-order valence-corrected chi connectivity index (χ4v) is 2.96. The van der Waals surface area contributed by atoms with Crippen LogP contribution in [0, 0.1) is 0 Å². The molecule has 0 aromatic heterocycles. The number of nitrogens with one attached hydrogen (secondary N) is 1. The van der Waals surface area contributed by atoms with Gasteiger partial charge >= 0.3 is 12.1 Å². The van der Waals surface area contributed by atoms with Gasteiger partial charge in [0.1, 0.15) is 6.10 Å². The van der Waals surface area contributed by atoms with Crippen LogP contribution >= 0.6 is 12.6 Å². The summed E-state index contributed by atoms with van der Waals surface area (Å²) in [5, 5.41) is 12.3. The molecule has 0 unspecified atom stereocenters. The normalized spacial score (nSPS) is 12.3. The number of methoxy groups -OCH3 is 2. The van der Waals surface area contributed by atoms with Crippen LogP contribution in [0.25, 0.3) is 0 Å². The summed E-state index contributed by atoms with van der Waals surface area (Å²) in [6.45, 7) is -0.00946. The third-order valence-electron chi connectivity index (χ3n) is 4.45. The SMILES string of the molecule is COc1ccc([C@@H](OC(=O)NC(=O)c2ccccc2)[C@@H](CCOC(=O)CS)OC)cc1O. The molecule has 2 atom stereocenters. The minimum Gasteiger partial charge on any atom is -0.504 e. The number of thiol groups is 1. The van der Waals surface area contributed by atoms with Gasteiger partial charge in [0.05, 0.1) is 19.5 Å². The molecule has 0 radical (unpaired) electrons. The highest BCUT2D eigenvalue weighted by molar-refractivity contribution is 7.81. The highest BCUT2D eigenvalue weighted by Gasteiger charge is 2.29. The number of carbonyl (C=O) groups is 3. The maximum absolute atomic E-state index is 12.5. The number of phenolic OH excluding ortho intramolecular Hbond substituents is 1. The first kappa shape index (κ1) is 25.0. The quantitative estimate of drug-likeness (QED) is 0.363. The molecule has 0 aliphatic rings. The van der Waals surface area contributed by atoms with Crippen LogP contribution in [0.3, 0.4) is 0 Å². The molecule has 172 valence electrons. The summed E-state index contributed by atoms with van der Waals surface area (Å²) in [6, 6.07) is 12.6. The third-order valence-corrected chi connectivity index (χ3v) is 4.71. The van der Waals surface area contributed by atoms with Gasteiger partial charge in [-0.25, -0.2) is 4.79 Å². The molecular formula is C22H25NO8S.